The summed E-state index contributed by atoms with van der Waals surface area (Å²) in [4.78, 5) is 25.9. The zero-order chi connectivity index (χ0) is 30.8. The van der Waals surface area contributed by atoms with Gasteiger partial charge < -0.3 is 14.2 Å². The third-order valence-corrected chi connectivity index (χ3v) is 7.28. The van der Waals surface area contributed by atoms with E-state index < -0.39 is 81.1 Å². The van der Waals surface area contributed by atoms with E-state index in [1.807, 2.05) is 0 Å². The second kappa shape index (κ2) is 11.4. The number of alkyl halides is 7. The number of hydrogen-bond donors (Lipinski definition) is 1. The first-order valence-corrected chi connectivity index (χ1v) is 12.9. The highest BCUT2D eigenvalue weighted by molar-refractivity contribution is 7.87. The van der Waals surface area contributed by atoms with E-state index in [9.17, 15) is 48.7 Å². The van der Waals surface area contributed by atoms with Crippen LogP contribution in [0.25, 0.3) is 0 Å². The standard InChI is InChI=1S/C22H35F7O8S/c1-9-17(6,7)18(8,13-16(3,4)5)14(30)37-20(21(25,26)27,15(31)35-10-2)36-12-11-19(23,24)22(28,29)38(32,33)34/h9-13H2,1-8H3,(H,32,33,34). The average Bonchev–Trinajstić information content (AvgIpc) is 2.69. The topological polar surface area (TPSA) is 116 Å². The lowest BCUT2D eigenvalue weighted by Gasteiger charge is -2.46. The van der Waals surface area contributed by atoms with E-state index >= 15 is 0 Å². The third-order valence-electron chi connectivity index (χ3n) is 6.34. The predicted molar refractivity (Wildman–Crippen MR) is 120 cm³/mol. The Labute approximate surface area is 217 Å². The quantitative estimate of drug-likeness (QED) is 0.124. The van der Waals surface area contributed by atoms with E-state index in [1.165, 1.54) is 6.92 Å². The van der Waals surface area contributed by atoms with Crippen molar-refractivity contribution in [3.05, 3.63) is 0 Å². The van der Waals surface area contributed by atoms with Gasteiger partial charge in [-0.25, -0.2) is 4.79 Å². The Hall–Kier alpha value is -1.68. The van der Waals surface area contributed by atoms with Gasteiger partial charge in [-0.1, -0.05) is 41.5 Å². The summed E-state index contributed by atoms with van der Waals surface area (Å²) in [6.07, 6.45) is -8.23. The lowest BCUT2D eigenvalue weighted by molar-refractivity contribution is -0.361. The minimum atomic E-state index is -6.69. The largest absolute Gasteiger partial charge is 0.468 e. The first kappa shape index (κ1) is 36.3. The van der Waals surface area contributed by atoms with Gasteiger partial charge in [0, 0.05) is 6.42 Å². The van der Waals surface area contributed by atoms with Gasteiger partial charge >= 0.3 is 45.2 Å². The maximum absolute atomic E-state index is 14.3. The van der Waals surface area contributed by atoms with Crippen molar-refractivity contribution in [3.8, 4) is 0 Å². The van der Waals surface area contributed by atoms with Crippen molar-refractivity contribution in [2.45, 2.75) is 97.8 Å². The number of esters is 2. The first-order chi connectivity index (χ1) is 16.6. The molecule has 0 bridgehead atoms. The maximum Gasteiger partial charge on any atom is 0.468 e. The van der Waals surface area contributed by atoms with Crippen LogP contribution in [0.5, 0.6) is 0 Å². The van der Waals surface area contributed by atoms with Crippen LogP contribution in [-0.4, -0.2) is 61.3 Å². The summed E-state index contributed by atoms with van der Waals surface area (Å²) in [5.41, 5.74) is -3.45. The van der Waals surface area contributed by atoms with E-state index in [4.69, 9.17) is 4.55 Å². The van der Waals surface area contributed by atoms with Gasteiger partial charge in [0.15, 0.2) is 0 Å². The van der Waals surface area contributed by atoms with Gasteiger partial charge in [-0.05, 0) is 37.5 Å². The zero-order valence-electron chi connectivity index (χ0n) is 22.4. The van der Waals surface area contributed by atoms with Crippen LogP contribution in [0.15, 0.2) is 0 Å². The van der Waals surface area contributed by atoms with Crippen LogP contribution in [0.1, 0.15) is 74.7 Å². The van der Waals surface area contributed by atoms with Gasteiger partial charge in [-0.3, -0.25) is 9.35 Å². The van der Waals surface area contributed by atoms with Gasteiger partial charge in [-0.15, -0.1) is 0 Å². The Morgan fingerprint density at radius 2 is 1.32 bits per heavy atom. The Morgan fingerprint density at radius 3 is 1.66 bits per heavy atom. The molecule has 0 fully saturated rings. The van der Waals surface area contributed by atoms with E-state index in [-0.39, 0.29) is 12.8 Å². The van der Waals surface area contributed by atoms with Crippen molar-refractivity contribution < 1.29 is 67.5 Å². The van der Waals surface area contributed by atoms with E-state index in [1.54, 1.807) is 41.5 Å². The van der Waals surface area contributed by atoms with Gasteiger partial charge in [-0.2, -0.15) is 39.2 Å². The average molecular weight is 593 g/mol. The monoisotopic (exact) mass is 592 g/mol. The van der Waals surface area contributed by atoms with E-state index in [0.29, 0.717) is 0 Å². The summed E-state index contributed by atoms with van der Waals surface area (Å²) in [6, 6.07) is 0. The second-order valence-corrected chi connectivity index (χ2v) is 12.3. The molecule has 0 radical (unpaired) electrons. The summed E-state index contributed by atoms with van der Waals surface area (Å²) >= 11 is 0. The molecule has 0 aromatic heterocycles. The van der Waals surface area contributed by atoms with Crippen LogP contribution >= 0.6 is 0 Å². The molecule has 0 rings (SSSR count). The highest BCUT2D eigenvalue weighted by atomic mass is 32.2. The fraction of sp³-hybridized carbons (Fsp3) is 0.909. The molecule has 8 nitrogen and oxygen atoms in total. The maximum atomic E-state index is 14.3. The number of ether oxygens (including phenoxy) is 3. The molecule has 16 heteroatoms. The lowest BCUT2D eigenvalue weighted by Crippen LogP contribution is -2.61. The molecule has 0 aliphatic heterocycles. The summed E-state index contributed by atoms with van der Waals surface area (Å²) in [5, 5.41) is -6.11. The third kappa shape index (κ3) is 7.49. The summed E-state index contributed by atoms with van der Waals surface area (Å²) < 4.78 is 141. The van der Waals surface area contributed by atoms with Crippen LogP contribution in [-0.2, 0) is 33.9 Å². The fourth-order valence-electron chi connectivity index (χ4n) is 3.55. The minimum absolute atomic E-state index is 0.0743. The van der Waals surface area contributed by atoms with Gasteiger partial charge in [0.25, 0.3) is 0 Å². The zero-order valence-corrected chi connectivity index (χ0v) is 23.2. The molecule has 1 N–H and O–H groups in total. The molecule has 0 aliphatic rings. The van der Waals surface area contributed by atoms with Crippen molar-refractivity contribution >= 4 is 22.1 Å². The predicted octanol–water partition coefficient (Wildman–Crippen LogP) is 5.75. The summed E-state index contributed by atoms with van der Waals surface area (Å²) in [7, 11) is -6.69. The normalized spacial score (nSPS) is 17.4. The molecule has 2 atom stereocenters. The SMILES string of the molecule is CCOC(=O)C(OCCC(F)(F)C(F)(F)S(=O)(=O)O)(OC(=O)C(C)(CC(C)(C)C)C(C)(C)CC)C(F)(F)F. The van der Waals surface area contributed by atoms with Crippen molar-refractivity contribution in [2.75, 3.05) is 13.2 Å². The molecular formula is C22H35F7O8S. The summed E-state index contributed by atoms with van der Waals surface area (Å²) in [6.45, 7) is 9.37. The number of rotatable bonds is 13. The smallest absolute Gasteiger partial charge is 0.461 e. The Balaban J connectivity index is 6.70. The van der Waals surface area contributed by atoms with Crippen molar-refractivity contribution in [1.82, 2.24) is 0 Å². The van der Waals surface area contributed by atoms with Crippen LogP contribution in [0.4, 0.5) is 30.7 Å². The fourth-order valence-corrected chi connectivity index (χ4v) is 4.03. The van der Waals surface area contributed by atoms with Crippen molar-refractivity contribution in [3.63, 3.8) is 0 Å². The van der Waals surface area contributed by atoms with E-state index in [2.05, 4.69) is 14.2 Å². The van der Waals surface area contributed by atoms with Crippen molar-refractivity contribution in [2.24, 2.45) is 16.2 Å². The molecule has 0 saturated carbocycles. The number of hydrogen-bond acceptors (Lipinski definition) is 7. The molecule has 0 aliphatic carbocycles. The van der Waals surface area contributed by atoms with Crippen LogP contribution in [0.2, 0.25) is 0 Å². The lowest BCUT2D eigenvalue weighted by atomic mass is 9.59. The van der Waals surface area contributed by atoms with Crippen LogP contribution in [0.3, 0.4) is 0 Å². The molecule has 0 aromatic carbocycles. The molecule has 226 valence electrons. The second-order valence-electron chi connectivity index (χ2n) is 10.8. The molecular weight excluding hydrogens is 557 g/mol. The number of carbonyl (C=O) groups is 2. The first-order valence-electron chi connectivity index (χ1n) is 11.4. The minimum Gasteiger partial charge on any atom is -0.461 e. The Morgan fingerprint density at radius 1 is 0.842 bits per heavy atom. The molecule has 0 spiro atoms. The molecule has 2 unspecified atom stereocenters. The van der Waals surface area contributed by atoms with E-state index in [0.717, 1.165) is 6.92 Å². The van der Waals surface area contributed by atoms with Gasteiger partial charge in [0.1, 0.15) is 0 Å². The molecule has 38 heavy (non-hydrogen) atoms. The molecule has 0 aromatic rings. The molecule has 0 amide bonds. The Kier molecular flexibility index (Phi) is 10.9. The van der Waals surface area contributed by atoms with Crippen LogP contribution in [0, 0.1) is 16.2 Å². The van der Waals surface area contributed by atoms with Gasteiger partial charge in [0.05, 0.1) is 18.6 Å². The number of carbonyl (C=O) groups excluding carboxylic acids is 2. The highest BCUT2D eigenvalue weighted by Crippen LogP contribution is 2.51. The van der Waals surface area contributed by atoms with Gasteiger partial charge in [0.2, 0.25) is 0 Å². The Bertz CT molecular complexity index is 958. The summed E-state index contributed by atoms with van der Waals surface area (Å²) in [5.74, 6) is -14.3. The molecule has 0 heterocycles. The molecule has 0 saturated heterocycles. The van der Waals surface area contributed by atoms with Crippen LogP contribution < -0.4 is 0 Å². The van der Waals surface area contributed by atoms with Crippen molar-refractivity contribution in [1.29, 1.82) is 0 Å². The highest BCUT2D eigenvalue weighted by Gasteiger charge is 2.70. The number of halogens is 7.